The molecule has 0 fully saturated rings. The molecule has 0 unspecified atom stereocenters. The highest BCUT2D eigenvalue weighted by molar-refractivity contribution is 7.14. The number of rotatable bonds is 8. The lowest BCUT2D eigenvalue weighted by Gasteiger charge is -2.11. The topological polar surface area (TPSA) is 91.0 Å². The summed E-state index contributed by atoms with van der Waals surface area (Å²) >= 11 is 1.39. The molecule has 0 spiro atoms. The summed E-state index contributed by atoms with van der Waals surface area (Å²) in [7, 11) is 3.26. The third-order valence-electron chi connectivity index (χ3n) is 3.65. The first-order valence-electron chi connectivity index (χ1n) is 8.12. The molecule has 0 radical (unpaired) electrons. The van der Waals surface area contributed by atoms with E-state index < -0.39 is 0 Å². The molecule has 140 valence electrons. The van der Waals surface area contributed by atoms with Crippen molar-refractivity contribution >= 4 is 28.5 Å². The van der Waals surface area contributed by atoms with Crippen molar-refractivity contribution in [3.63, 3.8) is 0 Å². The maximum absolute atomic E-state index is 5.85. The lowest BCUT2D eigenvalue weighted by Crippen LogP contribution is -2.00. The Morgan fingerprint density at radius 2 is 1.89 bits per heavy atom. The first kappa shape index (κ1) is 18.5. The zero-order valence-electron chi connectivity index (χ0n) is 15.0. The van der Waals surface area contributed by atoms with Gasteiger partial charge < -0.3 is 19.9 Å². The number of nitrogens with one attached hydrogen (secondary N) is 1. The molecular formula is C19H20N4O3S. The monoisotopic (exact) mass is 384 g/mol. The number of thiazole rings is 1. The van der Waals surface area contributed by atoms with Gasteiger partial charge in [0.25, 0.3) is 0 Å². The average Bonchev–Trinajstić information content (AvgIpc) is 3.12. The number of hydrogen-bond donors (Lipinski definition) is 2. The quantitative estimate of drug-likeness (QED) is 0.454. The van der Waals surface area contributed by atoms with E-state index in [0.717, 1.165) is 28.4 Å². The van der Waals surface area contributed by atoms with Crippen LogP contribution in [0.4, 0.5) is 10.9 Å². The zero-order valence-corrected chi connectivity index (χ0v) is 15.8. The number of nitrogens with zero attached hydrogens (tertiary/aromatic N) is 2. The zero-order chi connectivity index (χ0) is 19.1. The number of ether oxygens (including phenoxy) is 3. The molecule has 8 heteroatoms. The molecule has 7 nitrogen and oxygen atoms in total. The normalized spacial score (nSPS) is 10.7. The highest BCUT2D eigenvalue weighted by Gasteiger charge is 2.06. The Labute approximate surface area is 161 Å². The van der Waals surface area contributed by atoms with Crippen LogP contribution in [0.3, 0.4) is 0 Å². The molecule has 0 atom stereocenters. The van der Waals surface area contributed by atoms with Crippen molar-refractivity contribution in [2.24, 2.45) is 5.10 Å². The molecule has 27 heavy (non-hydrogen) atoms. The Morgan fingerprint density at radius 3 is 2.56 bits per heavy atom. The van der Waals surface area contributed by atoms with Gasteiger partial charge >= 0.3 is 0 Å². The van der Waals surface area contributed by atoms with Crippen molar-refractivity contribution < 1.29 is 14.2 Å². The van der Waals surface area contributed by atoms with Gasteiger partial charge in [-0.3, -0.25) is 5.43 Å². The van der Waals surface area contributed by atoms with Gasteiger partial charge in [0.1, 0.15) is 29.7 Å². The predicted molar refractivity (Wildman–Crippen MR) is 108 cm³/mol. The van der Waals surface area contributed by atoms with E-state index in [0.29, 0.717) is 17.6 Å². The van der Waals surface area contributed by atoms with E-state index >= 15 is 0 Å². The van der Waals surface area contributed by atoms with Crippen LogP contribution in [0.25, 0.3) is 0 Å². The summed E-state index contributed by atoms with van der Waals surface area (Å²) in [4.78, 5) is 4.08. The second kappa shape index (κ2) is 8.91. The highest BCUT2D eigenvalue weighted by Crippen LogP contribution is 2.23. The molecule has 2 aromatic carbocycles. The highest BCUT2D eigenvalue weighted by atomic mass is 32.1. The van der Waals surface area contributed by atoms with Crippen LogP contribution in [-0.4, -0.2) is 25.4 Å². The molecule has 3 aromatic rings. The standard InChI is InChI=1S/C19H20N4O3S/c1-24-15-4-6-16(7-5-15)26-11-14-9-13(3-8-17(14)25-2)10-21-23-19-22-18(20)12-27-19/h3-10,12H,11,20H2,1-2H3,(H,22,23). The van der Waals surface area contributed by atoms with Crippen LogP contribution in [0.5, 0.6) is 17.2 Å². The van der Waals surface area contributed by atoms with Crippen LogP contribution in [0.1, 0.15) is 11.1 Å². The lowest BCUT2D eigenvalue weighted by molar-refractivity contribution is 0.296. The summed E-state index contributed by atoms with van der Waals surface area (Å²) < 4.78 is 16.4. The Balaban J connectivity index is 1.66. The largest absolute Gasteiger partial charge is 0.497 e. The van der Waals surface area contributed by atoms with Gasteiger partial charge in [0.15, 0.2) is 0 Å². The van der Waals surface area contributed by atoms with Crippen LogP contribution >= 0.6 is 11.3 Å². The Kier molecular flexibility index (Phi) is 6.11. The summed E-state index contributed by atoms with van der Waals surface area (Å²) in [6.45, 7) is 0.369. The molecule has 3 rings (SSSR count). The summed E-state index contributed by atoms with van der Waals surface area (Å²) in [5.41, 5.74) is 10.3. The summed E-state index contributed by atoms with van der Waals surface area (Å²) in [6, 6.07) is 13.2. The van der Waals surface area contributed by atoms with E-state index in [-0.39, 0.29) is 0 Å². The van der Waals surface area contributed by atoms with Gasteiger partial charge in [-0.15, -0.1) is 11.3 Å². The minimum absolute atomic E-state index is 0.369. The number of hydrogen-bond acceptors (Lipinski definition) is 8. The number of nitrogens with two attached hydrogens (primary N) is 1. The Morgan fingerprint density at radius 1 is 1.11 bits per heavy atom. The average molecular weight is 384 g/mol. The number of anilines is 2. The molecule has 1 aromatic heterocycles. The third kappa shape index (κ3) is 5.11. The van der Waals surface area contributed by atoms with E-state index in [1.165, 1.54) is 11.3 Å². The van der Waals surface area contributed by atoms with Crippen LogP contribution in [0.2, 0.25) is 0 Å². The molecule has 3 N–H and O–H groups in total. The first-order valence-corrected chi connectivity index (χ1v) is 9.00. The van der Waals surface area contributed by atoms with Crippen LogP contribution in [-0.2, 0) is 6.61 Å². The van der Waals surface area contributed by atoms with E-state index in [9.17, 15) is 0 Å². The van der Waals surface area contributed by atoms with Gasteiger partial charge in [-0.1, -0.05) is 0 Å². The Hall–Kier alpha value is -3.26. The van der Waals surface area contributed by atoms with Gasteiger partial charge in [-0.25, -0.2) is 4.98 Å². The van der Waals surface area contributed by atoms with Gasteiger partial charge in [-0.05, 0) is 48.0 Å². The fraction of sp³-hybridized carbons (Fsp3) is 0.158. The molecule has 0 saturated heterocycles. The summed E-state index contributed by atoms with van der Waals surface area (Å²) in [6.07, 6.45) is 1.70. The smallest absolute Gasteiger partial charge is 0.205 e. The van der Waals surface area contributed by atoms with Crippen LogP contribution < -0.4 is 25.4 Å². The SMILES string of the molecule is COc1ccc(OCc2cc(C=NNc3nc(N)cs3)ccc2OC)cc1. The minimum Gasteiger partial charge on any atom is -0.497 e. The maximum Gasteiger partial charge on any atom is 0.205 e. The fourth-order valence-electron chi connectivity index (χ4n) is 2.32. The fourth-order valence-corrected chi connectivity index (χ4v) is 2.87. The molecule has 0 amide bonds. The van der Waals surface area contributed by atoms with Crippen LogP contribution in [0.15, 0.2) is 52.9 Å². The summed E-state index contributed by atoms with van der Waals surface area (Å²) in [5, 5.41) is 6.57. The van der Waals surface area contributed by atoms with Gasteiger partial charge in [-0.2, -0.15) is 5.10 Å². The molecular weight excluding hydrogens is 364 g/mol. The maximum atomic E-state index is 5.85. The van der Waals surface area contributed by atoms with Gasteiger partial charge in [0, 0.05) is 10.9 Å². The first-order chi connectivity index (χ1) is 13.2. The van der Waals surface area contributed by atoms with Crippen molar-refractivity contribution in [2.75, 3.05) is 25.4 Å². The van der Waals surface area contributed by atoms with E-state index in [1.54, 1.807) is 25.8 Å². The van der Waals surface area contributed by atoms with Crippen molar-refractivity contribution in [1.29, 1.82) is 0 Å². The minimum atomic E-state index is 0.369. The van der Waals surface area contributed by atoms with Crippen molar-refractivity contribution in [1.82, 2.24) is 4.98 Å². The number of benzene rings is 2. The molecule has 1 heterocycles. The van der Waals surface area contributed by atoms with Crippen molar-refractivity contribution in [2.45, 2.75) is 6.61 Å². The second-order valence-corrected chi connectivity index (χ2v) is 6.34. The van der Waals surface area contributed by atoms with Crippen LogP contribution in [0, 0.1) is 0 Å². The molecule has 0 aliphatic rings. The molecule has 0 bridgehead atoms. The number of hydrazone groups is 1. The number of nitrogen functional groups attached to an aromatic ring is 1. The molecule has 0 aliphatic carbocycles. The predicted octanol–water partition coefficient (Wildman–Crippen LogP) is 3.77. The second-order valence-electron chi connectivity index (χ2n) is 5.48. The lowest BCUT2D eigenvalue weighted by atomic mass is 10.1. The van der Waals surface area contributed by atoms with E-state index in [1.807, 2.05) is 42.5 Å². The van der Waals surface area contributed by atoms with E-state index in [4.69, 9.17) is 19.9 Å². The van der Waals surface area contributed by atoms with Crippen molar-refractivity contribution in [3.05, 3.63) is 59.0 Å². The van der Waals surface area contributed by atoms with Gasteiger partial charge in [0.05, 0.1) is 20.4 Å². The van der Waals surface area contributed by atoms with E-state index in [2.05, 4.69) is 15.5 Å². The molecule has 0 aliphatic heterocycles. The van der Waals surface area contributed by atoms with Gasteiger partial charge in [0.2, 0.25) is 5.13 Å². The van der Waals surface area contributed by atoms with Crippen molar-refractivity contribution in [3.8, 4) is 17.2 Å². The summed E-state index contributed by atoms with van der Waals surface area (Å²) in [5.74, 6) is 2.76. The number of aromatic nitrogens is 1. The molecule has 0 saturated carbocycles. The third-order valence-corrected chi connectivity index (χ3v) is 4.42. The Bertz CT molecular complexity index is 910. The number of methoxy groups -OCH3 is 2.